The zero-order valence-corrected chi connectivity index (χ0v) is 21.2. The Balaban J connectivity index is 1.71. The highest BCUT2D eigenvalue weighted by molar-refractivity contribution is 6.11. The van der Waals surface area contributed by atoms with Gasteiger partial charge in [0.2, 0.25) is 0 Å². The first-order chi connectivity index (χ1) is 18.1. The Morgan fingerprint density at radius 1 is 0.730 bits per heavy atom. The van der Waals surface area contributed by atoms with Crippen molar-refractivity contribution < 1.29 is 14.9 Å². The van der Waals surface area contributed by atoms with Crippen molar-refractivity contribution in [3.05, 3.63) is 72.8 Å². The highest BCUT2D eigenvalue weighted by Gasteiger charge is 2.20. The van der Waals surface area contributed by atoms with Crippen LogP contribution in [0.5, 0.6) is 17.5 Å². The summed E-state index contributed by atoms with van der Waals surface area (Å²) in [6, 6.07) is 23.2. The van der Waals surface area contributed by atoms with E-state index in [1.807, 2.05) is 24.3 Å². The third-order valence-electron chi connectivity index (χ3n) is 6.85. The third-order valence-corrected chi connectivity index (χ3v) is 6.85. The molecule has 0 spiro atoms. The van der Waals surface area contributed by atoms with E-state index < -0.39 is 0 Å². The monoisotopic (exact) mass is 493 g/mol. The van der Waals surface area contributed by atoms with E-state index >= 15 is 0 Å². The number of rotatable bonds is 9. The van der Waals surface area contributed by atoms with Gasteiger partial charge in [-0.1, -0.05) is 87.7 Å². The molecule has 0 aliphatic rings. The number of ether oxygens (including phenoxy) is 1. The summed E-state index contributed by atoms with van der Waals surface area (Å²) in [6.45, 7) is 4.84. The zero-order chi connectivity index (χ0) is 25.8. The average Bonchev–Trinajstić information content (AvgIpc) is 2.91. The minimum atomic E-state index is -0.111. The number of hydrogen-bond donors (Lipinski definition) is 2. The molecule has 0 radical (unpaired) electrons. The second-order valence-corrected chi connectivity index (χ2v) is 9.36. The lowest BCUT2D eigenvalue weighted by Gasteiger charge is -2.16. The molecule has 6 nitrogen and oxygen atoms in total. The van der Waals surface area contributed by atoms with Crippen molar-refractivity contribution in [2.45, 2.75) is 39.5 Å². The number of aromatic nitrogens is 3. The minimum Gasteiger partial charge on any atom is -0.507 e. The van der Waals surface area contributed by atoms with Crippen LogP contribution in [0.1, 0.15) is 39.5 Å². The van der Waals surface area contributed by atoms with E-state index in [9.17, 15) is 10.2 Å². The number of unbranched alkanes of at least 4 members (excludes halogenated alkanes) is 1. The van der Waals surface area contributed by atoms with Crippen LogP contribution in [0.25, 0.3) is 44.3 Å². The normalized spacial score (nSPS) is 12.2. The van der Waals surface area contributed by atoms with Gasteiger partial charge >= 0.3 is 6.01 Å². The van der Waals surface area contributed by atoms with Crippen LogP contribution in [0.3, 0.4) is 0 Å². The molecular weight excluding hydrogens is 462 g/mol. The molecule has 1 atom stereocenters. The Labute approximate surface area is 216 Å². The van der Waals surface area contributed by atoms with Crippen LogP contribution in [0.4, 0.5) is 0 Å². The van der Waals surface area contributed by atoms with Crippen LogP contribution in [0, 0.1) is 5.92 Å². The Kier molecular flexibility index (Phi) is 7.17. The van der Waals surface area contributed by atoms with Crippen molar-refractivity contribution in [1.82, 2.24) is 15.0 Å². The maximum Gasteiger partial charge on any atom is 0.320 e. The van der Waals surface area contributed by atoms with Crippen LogP contribution in [-0.2, 0) is 0 Å². The summed E-state index contributed by atoms with van der Waals surface area (Å²) in [5.41, 5.74) is 1.01. The van der Waals surface area contributed by atoms with E-state index in [4.69, 9.17) is 14.7 Å². The first-order valence-electron chi connectivity index (χ1n) is 12.9. The molecule has 0 amide bonds. The van der Waals surface area contributed by atoms with Gasteiger partial charge in [0.1, 0.15) is 17.1 Å². The maximum absolute atomic E-state index is 10.6. The molecule has 5 rings (SSSR count). The molecule has 1 unspecified atom stereocenters. The van der Waals surface area contributed by atoms with Crippen molar-refractivity contribution in [3.8, 4) is 40.3 Å². The Bertz CT molecular complexity index is 1480. The molecule has 0 fully saturated rings. The minimum absolute atomic E-state index is 0.111. The van der Waals surface area contributed by atoms with Crippen molar-refractivity contribution in [2.75, 3.05) is 6.61 Å². The standard InChI is InChI=1S/C31H31N3O3/c1-3-5-11-20(4-2)19-37-31-33-29(32-30(34-31)28-25(35)16-10-17-26(28)36)27-23-14-8-6-12-21(23)18-22-13-7-9-15-24(22)27/h6-10,12-18,20,35-36H,3-5,11,19H2,1-2H3. The van der Waals surface area contributed by atoms with Gasteiger partial charge in [0.15, 0.2) is 11.6 Å². The zero-order valence-electron chi connectivity index (χ0n) is 21.2. The molecule has 0 saturated carbocycles. The summed E-state index contributed by atoms with van der Waals surface area (Å²) >= 11 is 0. The molecule has 1 aromatic heterocycles. The number of fused-ring (bicyclic) bond motifs is 2. The van der Waals surface area contributed by atoms with Gasteiger partial charge in [0.05, 0.1) is 6.61 Å². The quantitative estimate of drug-likeness (QED) is 0.206. The second-order valence-electron chi connectivity index (χ2n) is 9.36. The molecular formula is C31H31N3O3. The molecule has 0 aliphatic carbocycles. The average molecular weight is 494 g/mol. The Morgan fingerprint density at radius 2 is 1.32 bits per heavy atom. The van der Waals surface area contributed by atoms with E-state index in [1.54, 1.807) is 6.07 Å². The van der Waals surface area contributed by atoms with Crippen LogP contribution in [0.15, 0.2) is 72.8 Å². The molecule has 6 heteroatoms. The SMILES string of the molecule is CCCCC(CC)COc1nc(-c2c(O)cccc2O)nc(-c2c3ccccc3cc3ccccc23)n1. The van der Waals surface area contributed by atoms with Gasteiger partial charge in [-0.3, -0.25) is 0 Å². The highest BCUT2D eigenvalue weighted by Crippen LogP contribution is 2.39. The van der Waals surface area contributed by atoms with E-state index in [-0.39, 0.29) is 28.9 Å². The molecule has 4 aromatic carbocycles. The first-order valence-corrected chi connectivity index (χ1v) is 12.9. The summed E-state index contributed by atoms with van der Waals surface area (Å²) in [7, 11) is 0. The van der Waals surface area contributed by atoms with E-state index in [2.05, 4.69) is 49.2 Å². The fraction of sp³-hybridized carbons (Fsp3) is 0.258. The lowest BCUT2D eigenvalue weighted by atomic mass is 9.96. The van der Waals surface area contributed by atoms with Gasteiger partial charge in [-0.25, -0.2) is 4.98 Å². The predicted molar refractivity (Wildman–Crippen MR) is 148 cm³/mol. The summed E-state index contributed by atoms with van der Waals surface area (Å²) < 4.78 is 6.16. The third kappa shape index (κ3) is 5.05. The van der Waals surface area contributed by atoms with Crippen LogP contribution in [0.2, 0.25) is 0 Å². The molecule has 0 saturated heterocycles. The molecule has 5 aromatic rings. The first kappa shape index (κ1) is 24.5. The van der Waals surface area contributed by atoms with Gasteiger partial charge in [-0.15, -0.1) is 0 Å². The van der Waals surface area contributed by atoms with Gasteiger partial charge in [-0.05, 0) is 52.1 Å². The fourth-order valence-corrected chi connectivity index (χ4v) is 4.75. The van der Waals surface area contributed by atoms with E-state index in [0.717, 1.165) is 52.8 Å². The second kappa shape index (κ2) is 10.8. The highest BCUT2D eigenvalue weighted by atomic mass is 16.5. The number of hydrogen-bond acceptors (Lipinski definition) is 6. The fourth-order valence-electron chi connectivity index (χ4n) is 4.75. The molecule has 0 aliphatic heterocycles. The summed E-state index contributed by atoms with van der Waals surface area (Å²) in [6.07, 6.45) is 4.35. The van der Waals surface area contributed by atoms with E-state index in [1.165, 1.54) is 12.1 Å². The lowest BCUT2D eigenvalue weighted by molar-refractivity contribution is 0.217. The molecule has 37 heavy (non-hydrogen) atoms. The predicted octanol–water partition coefficient (Wildman–Crippen LogP) is 7.52. The Hall–Kier alpha value is -4.19. The van der Waals surface area contributed by atoms with Gasteiger partial charge in [-0.2, -0.15) is 9.97 Å². The lowest BCUT2D eigenvalue weighted by Crippen LogP contribution is -2.13. The molecule has 188 valence electrons. The largest absolute Gasteiger partial charge is 0.507 e. The van der Waals surface area contributed by atoms with Crippen molar-refractivity contribution in [1.29, 1.82) is 0 Å². The molecule has 2 N–H and O–H groups in total. The van der Waals surface area contributed by atoms with Crippen molar-refractivity contribution >= 4 is 21.5 Å². The van der Waals surface area contributed by atoms with Crippen LogP contribution < -0.4 is 4.74 Å². The number of phenols is 2. The number of aromatic hydroxyl groups is 2. The summed E-state index contributed by atoms with van der Waals surface area (Å²) in [5.74, 6) is 0.757. The van der Waals surface area contributed by atoms with E-state index in [0.29, 0.717) is 18.3 Å². The number of benzene rings is 4. The number of phenolic OH excluding ortho intramolecular Hbond substituents is 2. The summed E-state index contributed by atoms with van der Waals surface area (Å²) in [4.78, 5) is 14.1. The Morgan fingerprint density at radius 3 is 1.92 bits per heavy atom. The topological polar surface area (TPSA) is 88.4 Å². The molecule has 1 heterocycles. The smallest absolute Gasteiger partial charge is 0.320 e. The van der Waals surface area contributed by atoms with Crippen molar-refractivity contribution in [3.63, 3.8) is 0 Å². The number of nitrogens with zero attached hydrogens (tertiary/aromatic N) is 3. The van der Waals surface area contributed by atoms with Crippen LogP contribution in [-0.4, -0.2) is 31.8 Å². The van der Waals surface area contributed by atoms with Crippen molar-refractivity contribution in [2.24, 2.45) is 5.92 Å². The van der Waals surface area contributed by atoms with Gasteiger partial charge < -0.3 is 14.9 Å². The van der Waals surface area contributed by atoms with Crippen LogP contribution >= 0.6 is 0 Å². The maximum atomic E-state index is 10.6. The van der Waals surface area contributed by atoms with Gasteiger partial charge in [0.25, 0.3) is 0 Å². The van der Waals surface area contributed by atoms with Gasteiger partial charge in [0, 0.05) is 5.56 Å². The molecule has 0 bridgehead atoms. The summed E-state index contributed by atoms with van der Waals surface area (Å²) in [5, 5.41) is 25.3.